The van der Waals surface area contributed by atoms with Gasteiger partial charge in [-0.15, -0.1) is 0 Å². The fourth-order valence-corrected chi connectivity index (χ4v) is 6.00. The molecule has 1 saturated carbocycles. The van der Waals surface area contributed by atoms with Crippen LogP contribution in [0, 0.1) is 18.8 Å². The summed E-state index contributed by atoms with van der Waals surface area (Å²) in [7, 11) is 0. The number of carbonyl (C=O) groups is 3. The summed E-state index contributed by atoms with van der Waals surface area (Å²) in [4.78, 5) is 50.5. The predicted octanol–water partition coefficient (Wildman–Crippen LogP) is 6.83. The maximum absolute atomic E-state index is 13.1. The largest absolute Gasteiger partial charge is 0.494 e. The molecule has 0 bridgehead atoms. The predicted molar refractivity (Wildman–Crippen MR) is 186 cm³/mol. The molecule has 0 radical (unpaired) electrons. The minimum Gasteiger partial charge on any atom is -0.494 e. The number of hydrazone groups is 1. The number of rotatable bonds is 16. The smallest absolute Gasteiger partial charge is 0.330 e. The van der Waals surface area contributed by atoms with Gasteiger partial charge in [-0.05, 0) is 94.7 Å². The van der Waals surface area contributed by atoms with Gasteiger partial charge >= 0.3 is 17.9 Å². The van der Waals surface area contributed by atoms with Crippen LogP contribution in [0.25, 0.3) is 10.5 Å². The molecule has 0 spiro atoms. The summed E-state index contributed by atoms with van der Waals surface area (Å²) in [6.07, 6.45) is 11.7. The van der Waals surface area contributed by atoms with Crippen molar-refractivity contribution < 1.29 is 33.3 Å². The number of ether oxygens (including phenoxy) is 4. The lowest BCUT2D eigenvalue weighted by Gasteiger charge is -2.26. The Labute approximate surface area is 288 Å². The summed E-state index contributed by atoms with van der Waals surface area (Å²) >= 11 is 1.33. The average molecular weight is 686 g/mol. The van der Waals surface area contributed by atoms with Crippen molar-refractivity contribution in [3.63, 3.8) is 0 Å². The Kier molecular flexibility index (Phi) is 12.8. The molecule has 2 heterocycles. The van der Waals surface area contributed by atoms with Crippen LogP contribution in [-0.4, -0.2) is 52.3 Å². The van der Waals surface area contributed by atoms with Crippen LogP contribution >= 0.6 is 11.3 Å². The Morgan fingerprint density at radius 2 is 1.57 bits per heavy atom. The van der Waals surface area contributed by atoms with Crippen molar-refractivity contribution in [2.24, 2.45) is 16.9 Å². The zero-order valence-electron chi connectivity index (χ0n) is 27.3. The van der Waals surface area contributed by atoms with Gasteiger partial charge in [-0.3, -0.25) is 15.0 Å². The first-order chi connectivity index (χ1) is 23.9. The number of benzene rings is 2. The van der Waals surface area contributed by atoms with Gasteiger partial charge in [0, 0.05) is 24.0 Å². The third-order valence-corrected chi connectivity index (χ3v) is 8.80. The van der Waals surface area contributed by atoms with Crippen molar-refractivity contribution in [3.05, 3.63) is 78.6 Å². The summed E-state index contributed by atoms with van der Waals surface area (Å²) in [5.74, 6) is -0.0788. The molecule has 5 rings (SSSR count). The van der Waals surface area contributed by atoms with Crippen LogP contribution in [0.3, 0.4) is 0 Å². The number of nitrogens with one attached hydrogen (secondary N) is 1. The van der Waals surface area contributed by atoms with Crippen molar-refractivity contribution in [3.8, 4) is 17.2 Å². The van der Waals surface area contributed by atoms with Gasteiger partial charge in [0.2, 0.25) is 5.13 Å². The number of fused-ring (bicyclic) bond motifs is 1. The highest BCUT2D eigenvalue weighted by atomic mass is 32.1. The third kappa shape index (κ3) is 10.7. The Bertz CT molecular complexity index is 1730. The SMILES string of the molecule is C=CC(=O)OCCCCCCOc1ccc(OC(=O)C2CCC(C(=O)Oc3ccc(C)cc3/C=N/Nc3nc4nccnc4s3)CC2)cc1. The van der Waals surface area contributed by atoms with Gasteiger partial charge in [0.1, 0.15) is 17.2 Å². The van der Waals surface area contributed by atoms with E-state index < -0.39 is 5.97 Å². The summed E-state index contributed by atoms with van der Waals surface area (Å²) in [5.41, 5.74) is 5.07. The number of esters is 3. The normalized spacial score (nSPS) is 15.9. The van der Waals surface area contributed by atoms with E-state index in [0.29, 0.717) is 77.3 Å². The van der Waals surface area contributed by atoms with Gasteiger partial charge in [-0.2, -0.15) is 10.1 Å². The molecule has 0 amide bonds. The molecule has 0 saturated heterocycles. The monoisotopic (exact) mass is 685 g/mol. The Morgan fingerprint density at radius 1 is 0.898 bits per heavy atom. The summed E-state index contributed by atoms with van der Waals surface area (Å²) in [6, 6.07) is 12.5. The zero-order valence-corrected chi connectivity index (χ0v) is 28.2. The maximum Gasteiger partial charge on any atom is 0.330 e. The van der Waals surface area contributed by atoms with Crippen LogP contribution in [-0.2, 0) is 19.1 Å². The third-order valence-electron chi connectivity index (χ3n) is 7.94. The standard InChI is InChI=1S/C36H39N5O7S/c1-3-31(42)46-21-7-5-4-6-20-45-28-13-15-29(16-14-28)47-34(43)25-9-11-26(12-10-25)35(44)48-30-17-8-24(2)22-27(30)23-39-41-36-40-32-33(49-36)38-19-18-37-32/h3,8,13-19,22-23,25-26H,1,4-7,9-12,20-21H2,2H3,(H,37,40,41)/b39-23+. The number of carbonyl (C=O) groups excluding carboxylic acids is 3. The lowest BCUT2D eigenvalue weighted by atomic mass is 9.82. The highest BCUT2D eigenvalue weighted by Gasteiger charge is 2.32. The maximum atomic E-state index is 13.1. The van der Waals surface area contributed by atoms with E-state index in [1.165, 1.54) is 11.3 Å². The van der Waals surface area contributed by atoms with Gasteiger partial charge in [0.25, 0.3) is 0 Å². The number of unbranched alkanes of at least 4 members (excludes halogenated alkanes) is 3. The highest BCUT2D eigenvalue weighted by molar-refractivity contribution is 7.21. The minimum absolute atomic E-state index is 0.290. The Hall–Kier alpha value is -5.17. The number of hydrogen-bond donors (Lipinski definition) is 1. The average Bonchev–Trinajstić information content (AvgIpc) is 3.54. The molecule has 49 heavy (non-hydrogen) atoms. The Balaban J connectivity index is 1.02. The quantitative estimate of drug-likeness (QED) is 0.0330. The van der Waals surface area contributed by atoms with E-state index in [9.17, 15) is 14.4 Å². The minimum atomic E-state index is -0.397. The van der Waals surface area contributed by atoms with E-state index in [2.05, 4.69) is 32.1 Å². The first-order valence-electron chi connectivity index (χ1n) is 16.3. The second kappa shape index (κ2) is 17.8. The molecule has 1 aliphatic carbocycles. The van der Waals surface area contributed by atoms with Gasteiger partial charge in [-0.1, -0.05) is 29.5 Å². The van der Waals surface area contributed by atoms with Crippen LogP contribution in [0.1, 0.15) is 62.5 Å². The first-order valence-corrected chi connectivity index (χ1v) is 17.1. The van der Waals surface area contributed by atoms with Gasteiger partial charge in [0.15, 0.2) is 10.5 Å². The number of aromatic nitrogens is 3. The van der Waals surface area contributed by atoms with E-state index in [0.717, 1.165) is 37.3 Å². The highest BCUT2D eigenvalue weighted by Crippen LogP contribution is 2.32. The van der Waals surface area contributed by atoms with Gasteiger partial charge in [0.05, 0.1) is 31.3 Å². The molecule has 0 aliphatic heterocycles. The number of aryl methyl sites for hydroxylation is 1. The molecule has 1 fully saturated rings. The first kappa shape index (κ1) is 35.1. The van der Waals surface area contributed by atoms with E-state index in [1.807, 2.05) is 19.1 Å². The summed E-state index contributed by atoms with van der Waals surface area (Å²) in [5, 5.41) is 4.83. The molecule has 0 atom stereocenters. The molecule has 4 aromatic rings. The van der Waals surface area contributed by atoms with E-state index in [4.69, 9.17) is 18.9 Å². The molecular formula is C36H39N5O7S. The van der Waals surface area contributed by atoms with E-state index in [-0.39, 0.29) is 23.8 Å². The summed E-state index contributed by atoms with van der Waals surface area (Å²) < 4.78 is 22.2. The molecule has 1 N–H and O–H groups in total. The molecular weight excluding hydrogens is 646 g/mol. The molecule has 2 aromatic carbocycles. The van der Waals surface area contributed by atoms with Crippen LogP contribution in [0.4, 0.5) is 5.13 Å². The molecule has 13 heteroatoms. The number of nitrogens with zero attached hydrogens (tertiary/aromatic N) is 4. The molecule has 0 unspecified atom stereocenters. The molecule has 12 nitrogen and oxygen atoms in total. The number of anilines is 1. The zero-order chi connectivity index (χ0) is 34.4. The number of thiazole rings is 1. The summed E-state index contributed by atoms with van der Waals surface area (Å²) in [6.45, 7) is 6.28. The van der Waals surface area contributed by atoms with Crippen molar-refractivity contribution in [1.82, 2.24) is 15.0 Å². The molecule has 2 aromatic heterocycles. The topological polar surface area (TPSA) is 151 Å². The lowest BCUT2D eigenvalue weighted by Crippen LogP contribution is -2.30. The Morgan fingerprint density at radius 3 is 2.29 bits per heavy atom. The van der Waals surface area contributed by atoms with Crippen molar-refractivity contribution in [1.29, 1.82) is 0 Å². The van der Waals surface area contributed by atoms with Gasteiger partial charge in [-0.25, -0.2) is 14.8 Å². The van der Waals surface area contributed by atoms with Crippen LogP contribution in [0.15, 0.2) is 72.6 Å². The second-order valence-corrected chi connectivity index (χ2v) is 12.6. The number of hydrogen-bond acceptors (Lipinski definition) is 13. The van der Waals surface area contributed by atoms with Crippen molar-refractivity contribution >= 4 is 51.1 Å². The van der Waals surface area contributed by atoms with Gasteiger partial charge < -0.3 is 18.9 Å². The molecule has 256 valence electrons. The van der Waals surface area contributed by atoms with Crippen LogP contribution in [0.2, 0.25) is 0 Å². The molecule has 1 aliphatic rings. The lowest BCUT2D eigenvalue weighted by molar-refractivity contribution is -0.145. The van der Waals surface area contributed by atoms with Crippen LogP contribution < -0.4 is 19.6 Å². The van der Waals surface area contributed by atoms with E-state index >= 15 is 0 Å². The van der Waals surface area contributed by atoms with Crippen LogP contribution in [0.5, 0.6) is 17.2 Å². The van der Waals surface area contributed by atoms with E-state index in [1.54, 1.807) is 48.9 Å². The fourth-order valence-electron chi connectivity index (χ4n) is 5.28. The fraction of sp³-hybridized carbons (Fsp3) is 0.361. The van der Waals surface area contributed by atoms with Crippen molar-refractivity contribution in [2.45, 2.75) is 58.3 Å². The van der Waals surface area contributed by atoms with Crippen molar-refractivity contribution in [2.75, 3.05) is 18.6 Å². The second-order valence-electron chi connectivity index (χ2n) is 11.6.